The van der Waals surface area contributed by atoms with Crippen molar-refractivity contribution in [1.29, 1.82) is 0 Å². The van der Waals surface area contributed by atoms with E-state index in [9.17, 15) is 10.2 Å². The Kier molecular flexibility index (Phi) is 3.72. The average molecular weight is 171 g/mol. The van der Waals surface area contributed by atoms with Gasteiger partial charge in [-0.3, -0.25) is 4.90 Å². The maximum absolute atomic E-state index is 9.32. The van der Waals surface area contributed by atoms with Gasteiger partial charge in [-0.15, -0.1) is 6.58 Å². The Morgan fingerprint density at radius 3 is 2.42 bits per heavy atom. The molecule has 0 unspecified atom stereocenters. The summed E-state index contributed by atoms with van der Waals surface area (Å²) in [7, 11) is 0. The lowest BCUT2D eigenvalue weighted by Crippen LogP contribution is -2.45. The minimum absolute atomic E-state index is 0.362. The highest BCUT2D eigenvalue weighted by molar-refractivity contribution is 4.79. The molecule has 0 aliphatic carbocycles. The Labute approximate surface area is 73.3 Å². The van der Waals surface area contributed by atoms with Crippen molar-refractivity contribution in [3.05, 3.63) is 12.7 Å². The van der Waals surface area contributed by atoms with Gasteiger partial charge in [-0.2, -0.15) is 0 Å². The minimum Gasteiger partial charge on any atom is -0.392 e. The van der Waals surface area contributed by atoms with Crippen LogP contribution in [-0.4, -0.2) is 47.0 Å². The SMILES string of the molecule is C=CCCN1C[C@H](O)C[C@H](O)C1. The molecule has 0 spiro atoms. The number of piperidine rings is 1. The molecule has 0 bridgehead atoms. The van der Waals surface area contributed by atoms with Gasteiger partial charge in [-0.05, 0) is 6.42 Å². The van der Waals surface area contributed by atoms with Crippen LogP contribution in [-0.2, 0) is 0 Å². The second kappa shape index (κ2) is 4.60. The maximum atomic E-state index is 9.32. The third-order valence-electron chi connectivity index (χ3n) is 2.13. The van der Waals surface area contributed by atoms with E-state index in [0.717, 1.165) is 13.0 Å². The van der Waals surface area contributed by atoms with Crippen LogP contribution in [0, 0.1) is 0 Å². The van der Waals surface area contributed by atoms with Crippen molar-refractivity contribution >= 4 is 0 Å². The number of likely N-dealkylation sites (tertiary alicyclic amines) is 1. The normalized spacial score (nSPS) is 31.8. The van der Waals surface area contributed by atoms with Crippen LogP contribution >= 0.6 is 0 Å². The van der Waals surface area contributed by atoms with Crippen molar-refractivity contribution in [1.82, 2.24) is 4.90 Å². The lowest BCUT2D eigenvalue weighted by atomic mass is 10.1. The predicted octanol–water partition coefficient (Wildman–Crippen LogP) is -0.01000. The van der Waals surface area contributed by atoms with Crippen molar-refractivity contribution in [2.24, 2.45) is 0 Å². The van der Waals surface area contributed by atoms with Crippen LogP contribution in [0.3, 0.4) is 0 Å². The summed E-state index contributed by atoms with van der Waals surface area (Å²) < 4.78 is 0. The van der Waals surface area contributed by atoms with E-state index in [-0.39, 0.29) is 12.2 Å². The molecule has 3 heteroatoms. The third-order valence-corrected chi connectivity index (χ3v) is 2.13. The smallest absolute Gasteiger partial charge is 0.0692 e. The molecule has 12 heavy (non-hydrogen) atoms. The minimum atomic E-state index is -0.362. The molecule has 1 fully saturated rings. The summed E-state index contributed by atoms with van der Waals surface area (Å²) in [4.78, 5) is 2.07. The van der Waals surface area contributed by atoms with Gasteiger partial charge in [0.05, 0.1) is 12.2 Å². The van der Waals surface area contributed by atoms with Gasteiger partial charge in [0.25, 0.3) is 0 Å². The van der Waals surface area contributed by atoms with Gasteiger partial charge in [0.2, 0.25) is 0 Å². The van der Waals surface area contributed by atoms with Gasteiger partial charge in [0, 0.05) is 26.1 Å². The molecule has 0 aromatic carbocycles. The molecule has 2 atom stereocenters. The first-order valence-electron chi connectivity index (χ1n) is 4.41. The van der Waals surface area contributed by atoms with E-state index in [1.54, 1.807) is 0 Å². The fraction of sp³-hybridized carbons (Fsp3) is 0.778. The van der Waals surface area contributed by atoms with Crippen molar-refractivity contribution in [2.75, 3.05) is 19.6 Å². The monoisotopic (exact) mass is 171 g/mol. The summed E-state index contributed by atoms with van der Waals surface area (Å²) >= 11 is 0. The van der Waals surface area contributed by atoms with E-state index in [1.165, 1.54) is 0 Å². The topological polar surface area (TPSA) is 43.7 Å². The zero-order chi connectivity index (χ0) is 8.97. The number of nitrogens with zero attached hydrogens (tertiary/aromatic N) is 1. The van der Waals surface area contributed by atoms with Gasteiger partial charge in [-0.1, -0.05) is 6.08 Å². The van der Waals surface area contributed by atoms with Crippen LogP contribution in [0.5, 0.6) is 0 Å². The number of aliphatic hydroxyl groups excluding tert-OH is 2. The Bertz CT molecular complexity index is 139. The van der Waals surface area contributed by atoms with Crippen LogP contribution in [0.1, 0.15) is 12.8 Å². The number of hydrogen-bond donors (Lipinski definition) is 2. The average Bonchev–Trinajstić information content (AvgIpc) is 1.99. The molecule has 1 rings (SSSR count). The van der Waals surface area contributed by atoms with Crippen LogP contribution in [0.2, 0.25) is 0 Å². The summed E-state index contributed by atoms with van der Waals surface area (Å²) in [6.07, 6.45) is 2.56. The molecular formula is C9H17NO2. The summed E-state index contributed by atoms with van der Waals surface area (Å²) in [6.45, 7) is 5.89. The first kappa shape index (κ1) is 9.71. The molecule has 0 radical (unpaired) electrons. The first-order chi connectivity index (χ1) is 5.72. The molecule has 1 aliphatic heterocycles. The zero-order valence-corrected chi connectivity index (χ0v) is 7.32. The fourth-order valence-corrected chi connectivity index (χ4v) is 1.59. The molecule has 0 amide bonds. The first-order valence-corrected chi connectivity index (χ1v) is 4.41. The Hall–Kier alpha value is -0.380. The lowest BCUT2D eigenvalue weighted by molar-refractivity contribution is -0.00721. The highest BCUT2D eigenvalue weighted by atomic mass is 16.3. The molecule has 1 saturated heterocycles. The Balaban J connectivity index is 2.28. The highest BCUT2D eigenvalue weighted by Gasteiger charge is 2.23. The number of hydrogen-bond acceptors (Lipinski definition) is 3. The molecule has 2 N–H and O–H groups in total. The van der Waals surface area contributed by atoms with E-state index in [0.29, 0.717) is 19.5 Å². The summed E-state index contributed by atoms with van der Waals surface area (Å²) in [5.41, 5.74) is 0. The van der Waals surface area contributed by atoms with Crippen molar-refractivity contribution in [3.63, 3.8) is 0 Å². The van der Waals surface area contributed by atoms with Gasteiger partial charge in [-0.25, -0.2) is 0 Å². The van der Waals surface area contributed by atoms with Gasteiger partial charge in [0.15, 0.2) is 0 Å². The highest BCUT2D eigenvalue weighted by Crippen LogP contribution is 2.10. The summed E-state index contributed by atoms with van der Waals surface area (Å²) in [6, 6.07) is 0. The molecule has 1 heterocycles. The molecule has 70 valence electrons. The molecule has 0 aromatic rings. The maximum Gasteiger partial charge on any atom is 0.0692 e. The predicted molar refractivity (Wildman–Crippen MR) is 47.9 cm³/mol. The van der Waals surface area contributed by atoms with E-state index >= 15 is 0 Å². The zero-order valence-electron chi connectivity index (χ0n) is 7.32. The van der Waals surface area contributed by atoms with Crippen LogP contribution in [0.4, 0.5) is 0 Å². The van der Waals surface area contributed by atoms with Crippen molar-refractivity contribution in [3.8, 4) is 0 Å². The third kappa shape index (κ3) is 2.93. The quantitative estimate of drug-likeness (QED) is 0.587. The molecular weight excluding hydrogens is 154 g/mol. The van der Waals surface area contributed by atoms with Crippen LogP contribution < -0.4 is 0 Å². The van der Waals surface area contributed by atoms with E-state index in [2.05, 4.69) is 11.5 Å². The van der Waals surface area contributed by atoms with Gasteiger partial charge < -0.3 is 10.2 Å². The van der Waals surface area contributed by atoms with Gasteiger partial charge >= 0.3 is 0 Å². The van der Waals surface area contributed by atoms with Crippen molar-refractivity contribution < 1.29 is 10.2 Å². The Morgan fingerprint density at radius 1 is 1.33 bits per heavy atom. The van der Waals surface area contributed by atoms with E-state index in [1.807, 2.05) is 6.08 Å². The molecule has 0 saturated carbocycles. The fourth-order valence-electron chi connectivity index (χ4n) is 1.59. The number of β-amino-alcohol motifs (C(OH)–C–C–N with tert-alkyl or cyclic N) is 2. The molecule has 3 nitrogen and oxygen atoms in total. The molecule has 1 aliphatic rings. The van der Waals surface area contributed by atoms with Gasteiger partial charge in [0.1, 0.15) is 0 Å². The standard InChI is InChI=1S/C9H17NO2/c1-2-3-4-10-6-8(11)5-9(12)7-10/h2,8-9,11-12H,1,3-7H2/t8-,9+. The van der Waals surface area contributed by atoms with E-state index < -0.39 is 0 Å². The second-order valence-corrected chi connectivity index (χ2v) is 3.38. The van der Waals surface area contributed by atoms with E-state index in [4.69, 9.17) is 0 Å². The van der Waals surface area contributed by atoms with Crippen molar-refractivity contribution in [2.45, 2.75) is 25.0 Å². The molecule has 0 aromatic heterocycles. The number of aliphatic hydroxyl groups is 2. The lowest BCUT2D eigenvalue weighted by Gasteiger charge is -2.32. The number of rotatable bonds is 3. The summed E-state index contributed by atoms with van der Waals surface area (Å²) in [5.74, 6) is 0. The second-order valence-electron chi connectivity index (χ2n) is 3.38. The van der Waals surface area contributed by atoms with Crippen LogP contribution in [0.15, 0.2) is 12.7 Å². The van der Waals surface area contributed by atoms with Crippen LogP contribution in [0.25, 0.3) is 0 Å². The Morgan fingerprint density at radius 2 is 1.92 bits per heavy atom. The summed E-state index contributed by atoms with van der Waals surface area (Å²) in [5, 5.41) is 18.6. The largest absolute Gasteiger partial charge is 0.392 e.